The predicted molar refractivity (Wildman–Crippen MR) is 99.3 cm³/mol. The standard InChI is InChI=1S/C20H32N2O3/c1-15(2)22(16(3)4)12-11-21-20(23)17-7-9-18(10-8-17)25-14-19-6-5-13-24-19/h7-10,15-16,19H,5-6,11-14H2,1-4H3,(H,21,23)/p+1/t19-/m0/s1. The molecule has 1 aromatic rings. The molecule has 0 aliphatic carbocycles. The summed E-state index contributed by atoms with van der Waals surface area (Å²) in [6.45, 7) is 11.9. The predicted octanol–water partition coefficient (Wildman–Crippen LogP) is 1.68. The number of hydrogen-bond acceptors (Lipinski definition) is 3. The third-order valence-electron chi connectivity index (χ3n) is 4.76. The van der Waals surface area contributed by atoms with Gasteiger partial charge >= 0.3 is 0 Å². The molecule has 2 N–H and O–H groups in total. The van der Waals surface area contributed by atoms with Crippen molar-refractivity contribution in [2.45, 2.75) is 58.7 Å². The summed E-state index contributed by atoms with van der Waals surface area (Å²) in [5.74, 6) is 0.750. The molecule has 1 heterocycles. The minimum absolute atomic E-state index is 0.0301. The number of nitrogens with one attached hydrogen (secondary N) is 2. The van der Waals surface area contributed by atoms with E-state index in [0.29, 0.717) is 30.8 Å². The number of amides is 1. The highest BCUT2D eigenvalue weighted by Gasteiger charge is 2.17. The monoisotopic (exact) mass is 349 g/mol. The Balaban J connectivity index is 1.75. The molecule has 0 radical (unpaired) electrons. The lowest BCUT2D eigenvalue weighted by Crippen LogP contribution is -3.18. The Bertz CT molecular complexity index is 514. The van der Waals surface area contributed by atoms with Crippen LogP contribution in [-0.4, -0.2) is 50.4 Å². The number of rotatable bonds is 9. The molecule has 1 aliphatic rings. The van der Waals surface area contributed by atoms with Crippen molar-refractivity contribution in [1.29, 1.82) is 0 Å². The third kappa shape index (κ3) is 6.33. The summed E-state index contributed by atoms with van der Waals surface area (Å²) >= 11 is 0. The van der Waals surface area contributed by atoms with Gasteiger partial charge in [0, 0.05) is 12.2 Å². The van der Waals surface area contributed by atoms with Crippen molar-refractivity contribution in [3.05, 3.63) is 29.8 Å². The van der Waals surface area contributed by atoms with Crippen LogP contribution in [0.4, 0.5) is 0 Å². The number of carbonyl (C=O) groups excluding carboxylic acids is 1. The Morgan fingerprint density at radius 3 is 2.48 bits per heavy atom. The molecule has 1 atom stereocenters. The van der Waals surface area contributed by atoms with E-state index in [1.165, 1.54) is 4.90 Å². The van der Waals surface area contributed by atoms with Crippen molar-refractivity contribution in [2.24, 2.45) is 0 Å². The summed E-state index contributed by atoms with van der Waals surface area (Å²) in [4.78, 5) is 13.8. The molecule has 1 saturated heterocycles. The highest BCUT2D eigenvalue weighted by Crippen LogP contribution is 2.16. The van der Waals surface area contributed by atoms with E-state index < -0.39 is 0 Å². The largest absolute Gasteiger partial charge is 0.491 e. The van der Waals surface area contributed by atoms with Crippen molar-refractivity contribution >= 4 is 5.91 Å². The molecule has 1 aliphatic heterocycles. The van der Waals surface area contributed by atoms with Crippen LogP contribution in [0.5, 0.6) is 5.75 Å². The van der Waals surface area contributed by atoms with Gasteiger partial charge in [-0.25, -0.2) is 0 Å². The minimum Gasteiger partial charge on any atom is -0.491 e. The Kier molecular flexibility index (Phi) is 7.72. The van der Waals surface area contributed by atoms with Gasteiger partial charge in [-0.2, -0.15) is 0 Å². The SMILES string of the molecule is CC(C)[NH+](CCNC(=O)c1ccc(OC[C@@H]2CCCO2)cc1)C(C)C. The quantitative estimate of drug-likeness (QED) is 0.713. The summed E-state index contributed by atoms with van der Waals surface area (Å²) in [6.07, 6.45) is 2.38. The lowest BCUT2D eigenvalue weighted by Gasteiger charge is -2.27. The van der Waals surface area contributed by atoms with Crippen LogP contribution in [0.2, 0.25) is 0 Å². The molecular formula is C20H33N2O3+. The van der Waals surface area contributed by atoms with Crippen LogP contribution >= 0.6 is 0 Å². The van der Waals surface area contributed by atoms with Crippen molar-refractivity contribution < 1.29 is 19.2 Å². The number of hydrogen-bond donors (Lipinski definition) is 2. The normalized spacial score (nSPS) is 17.5. The molecule has 0 spiro atoms. The van der Waals surface area contributed by atoms with Crippen LogP contribution in [0.15, 0.2) is 24.3 Å². The maximum Gasteiger partial charge on any atom is 0.251 e. The van der Waals surface area contributed by atoms with Crippen molar-refractivity contribution in [3.8, 4) is 5.75 Å². The molecule has 0 bridgehead atoms. The van der Waals surface area contributed by atoms with Gasteiger partial charge in [-0.05, 0) is 64.8 Å². The smallest absolute Gasteiger partial charge is 0.251 e. The summed E-state index contributed by atoms with van der Waals surface area (Å²) in [5.41, 5.74) is 0.667. The maximum absolute atomic E-state index is 12.3. The van der Waals surface area contributed by atoms with Gasteiger partial charge in [0.15, 0.2) is 0 Å². The lowest BCUT2D eigenvalue weighted by atomic mass is 10.2. The van der Waals surface area contributed by atoms with Crippen LogP contribution in [0, 0.1) is 0 Å². The average Bonchev–Trinajstić information content (AvgIpc) is 3.10. The number of carbonyl (C=O) groups is 1. The van der Waals surface area contributed by atoms with E-state index in [2.05, 4.69) is 33.0 Å². The highest BCUT2D eigenvalue weighted by molar-refractivity contribution is 5.94. The van der Waals surface area contributed by atoms with Gasteiger partial charge in [0.05, 0.1) is 31.3 Å². The van der Waals surface area contributed by atoms with Gasteiger partial charge in [-0.3, -0.25) is 4.79 Å². The molecule has 1 aromatic carbocycles. The topological polar surface area (TPSA) is 52.0 Å². The number of quaternary nitrogens is 1. The van der Waals surface area contributed by atoms with Gasteiger partial charge in [0.1, 0.15) is 12.4 Å². The molecular weight excluding hydrogens is 316 g/mol. The van der Waals surface area contributed by atoms with E-state index in [1.54, 1.807) is 0 Å². The maximum atomic E-state index is 12.3. The zero-order valence-electron chi connectivity index (χ0n) is 16.0. The number of benzene rings is 1. The minimum atomic E-state index is -0.0301. The fourth-order valence-corrected chi connectivity index (χ4v) is 3.33. The molecule has 0 unspecified atom stereocenters. The summed E-state index contributed by atoms with van der Waals surface area (Å²) in [6, 6.07) is 8.44. The summed E-state index contributed by atoms with van der Waals surface area (Å²) < 4.78 is 11.3. The Morgan fingerprint density at radius 1 is 1.24 bits per heavy atom. The Hall–Kier alpha value is -1.59. The fourth-order valence-electron chi connectivity index (χ4n) is 3.33. The molecule has 140 valence electrons. The van der Waals surface area contributed by atoms with E-state index in [-0.39, 0.29) is 12.0 Å². The van der Waals surface area contributed by atoms with Gasteiger partial charge in [0.25, 0.3) is 5.91 Å². The van der Waals surface area contributed by atoms with E-state index in [9.17, 15) is 4.79 Å². The molecule has 5 nitrogen and oxygen atoms in total. The zero-order valence-corrected chi connectivity index (χ0v) is 16.0. The number of ether oxygens (including phenoxy) is 2. The summed E-state index contributed by atoms with van der Waals surface area (Å²) in [7, 11) is 0. The van der Waals surface area contributed by atoms with Crippen LogP contribution in [-0.2, 0) is 4.74 Å². The second kappa shape index (κ2) is 9.78. The first-order valence-electron chi connectivity index (χ1n) is 9.45. The first-order chi connectivity index (χ1) is 12.0. The second-order valence-electron chi connectivity index (χ2n) is 7.36. The Labute approximate surface area is 151 Å². The van der Waals surface area contributed by atoms with Crippen LogP contribution in [0.1, 0.15) is 50.9 Å². The van der Waals surface area contributed by atoms with Gasteiger partial charge in [0.2, 0.25) is 0 Å². The van der Waals surface area contributed by atoms with E-state index in [0.717, 1.165) is 31.7 Å². The summed E-state index contributed by atoms with van der Waals surface area (Å²) in [5, 5.41) is 3.01. The second-order valence-corrected chi connectivity index (χ2v) is 7.36. The van der Waals surface area contributed by atoms with Gasteiger partial charge < -0.3 is 19.7 Å². The van der Waals surface area contributed by atoms with Crippen molar-refractivity contribution in [3.63, 3.8) is 0 Å². The molecule has 25 heavy (non-hydrogen) atoms. The molecule has 0 aromatic heterocycles. The first-order valence-corrected chi connectivity index (χ1v) is 9.45. The van der Waals surface area contributed by atoms with Crippen LogP contribution < -0.4 is 15.0 Å². The van der Waals surface area contributed by atoms with E-state index in [4.69, 9.17) is 9.47 Å². The Morgan fingerprint density at radius 2 is 1.92 bits per heavy atom. The van der Waals surface area contributed by atoms with Gasteiger partial charge in [-0.1, -0.05) is 0 Å². The molecule has 1 fully saturated rings. The average molecular weight is 349 g/mol. The highest BCUT2D eigenvalue weighted by atomic mass is 16.5. The first kappa shape index (κ1) is 19.7. The molecule has 2 rings (SSSR count). The third-order valence-corrected chi connectivity index (χ3v) is 4.76. The van der Waals surface area contributed by atoms with Crippen molar-refractivity contribution in [2.75, 3.05) is 26.3 Å². The van der Waals surface area contributed by atoms with Crippen LogP contribution in [0.25, 0.3) is 0 Å². The fraction of sp³-hybridized carbons (Fsp3) is 0.650. The van der Waals surface area contributed by atoms with Crippen molar-refractivity contribution in [1.82, 2.24) is 5.32 Å². The lowest BCUT2D eigenvalue weighted by molar-refractivity contribution is -0.941. The molecule has 5 heteroatoms. The van der Waals surface area contributed by atoms with E-state index in [1.807, 2.05) is 24.3 Å². The van der Waals surface area contributed by atoms with Gasteiger partial charge in [-0.15, -0.1) is 0 Å². The molecule has 1 amide bonds. The van der Waals surface area contributed by atoms with Crippen LogP contribution in [0.3, 0.4) is 0 Å². The van der Waals surface area contributed by atoms with E-state index >= 15 is 0 Å². The molecule has 0 saturated carbocycles. The zero-order chi connectivity index (χ0) is 18.2.